The maximum Gasteiger partial charge on any atom is 0.338 e. The van der Waals surface area contributed by atoms with Crippen molar-refractivity contribution in [1.29, 1.82) is 5.40 Å². The van der Waals surface area contributed by atoms with Gasteiger partial charge in [0.25, 0.3) is 0 Å². The topological polar surface area (TPSA) is 115 Å². The molecule has 0 fully saturated rings. The largest absolute Gasteiger partial charge is 0.462 e. The molecule has 1 rings (SSSR count). The highest BCUT2D eigenvalue weighted by Gasteiger charge is 2.08. The number of esters is 2. The number of nitrogens with two attached hydrogens (primary N) is 1. The van der Waals surface area contributed by atoms with E-state index in [2.05, 4.69) is 10.1 Å². The van der Waals surface area contributed by atoms with Crippen molar-refractivity contribution in [2.75, 3.05) is 13.1 Å². The fourth-order valence-electron chi connectivity index (χ4n) is 1.14. The molecule has 1 aromatic carbocycles. The number of guanidine groups is 1. The molecule has 1 atom stereocenters. The molecule has 4 N–H and O–H groups in total. The predicted molar refractivity (Wildman–Crippen MR) is 86.4 cm³/mol. The van der Waals surface area contributed by atoms with E-state index in [9.17, 15) is 9.59 Å². The zero-order valence-corrected chi connectivity index (χ0v) is 11.4. The number of ether oxygens (including phenoxy) is 2. The van der Waals surface area contributed by atoms with Gasteiger partial charge in [0.15, 0.2) is 11.6 Å². The third-order valence-corrected chi connectivity index (χ3v) is 1.99. The summed E-state index contributed by atoms with van der Waals surface area (Å²) in [5, 5.41) is 2.17. The summed E-state index contributed by atoms with van der Waals surface area (Å²) < 4.78 is 145. The van der Waals surface area contributed by atoms with Gasteiger partial charge in [0, 0.05) is 29.3 Å². The van der Waals surface area contributed by atoms with Crippen LogP contribution in [0, 0.1) is 5.40 Å². The van der Waals surface area contributed by atoms with Crippen molar-refractivity contribution in [3.63, 3.8) is 0 Å². The summed E-state index contributed by atoms with van der Waals surface area (Å²) >= 11 is 0. The van der Waals surface area contributed by atoms with E-state index in [0.29, 0.717) is 0 Å². The number of rotatable bonds is 9. The van der Waals surface area contributed by atoms with Crippen LogP contribution in [0.2, 0.25) is 5.65 Å². The van der Waals surface area contributed by atoms with Crippen molar-refractivity contribution in [3.8, 4) is 5.75 Å². The first kappa shape index (κ1) is 5.22. The maximum absolute atomic E-state index is 12.6. The minimum atomic E-state index is -4.13. The van der Waals surface area contributed by atoms with Crippen molar-refractivity contribution in [2.45, 2.75) is 32.3 Å². The van der Waals surface area contributed by atoms with E-state index < -0.39 is 85.7 Å². The highest BCUT2D eigenvalue weighted by Crippen LogP contribution is 2.14. The normalized spacial score (nSPS) is 27.2. The van der Waals surface area contributed by atoms with E-state index in [4.69, 9.17) is 29.6 Å². The molecule has 1 unspecified atom stereocenters. The van der Waals surface area contributed by atoms with Crippen LogP contribution in [0.4, 0.5) is 0 Å². The Kier molecular flexibility index (Phi) is 2.32. The number of nitrogens with one attached hydrogen (secondary N) is 2. The first-order valence-electron chi connectivity index (χ1n) is 14.6. The van der Waals surface area contributed by atoms with Crippen LogP contribution in [0.15, 0.2) is 24.3 Å². The highest BCUT2D eigenvalue weighted by molar-refractivity contribution is 5.89. The lowest BCUT2D eigenvalue weighted by Gasteiger charge is -2.06. The van der Waals surface area contributed by atoms with Crippen LogP contribution < -0.4 is 15.8 Å². The molecule has 0 bridgehead atoms. The molecule has 0 aliphatic carbocycles. The molecule has 23 heavy (non-hydrogen) atoms. The minimum Gasteiger partial charge on any atom is -0.462 e. The molecule has 0 aliphatic heterocycles. The van der Waals surface area contributed by atoms with Gasteiger partial charge in [-0.3, -0.25) is 10.2 Å². The number of hydrogen-bond acceptors (Lipinski definition) is 5. The van der Waals surface area contributed by atoms with Gasteiger partial charge in [-0.25, -0.2) is 4.79 Å². The Hall–Kier alpha value is -2.57. The molecule has 0 amide bonds. The fourth-order valence-corrected chi connectivity index (χ4v) is 1.14. The standard InChI is InChI=1S/C16H23N3O4/c1-2-22-15(21)12-7-9-13(10-8-12)23-14(20)6-4-3-5-11-19-16(17)18/h7-10H,2-6,11H2,1H3,(H4,17,18,19)/i1D3,2D2,3D2,4D2,5D2,6D2,11D/hD4. The van der Waals surface area contributed by atoms with Crippen LogP contribution in [0.5, 0.6) is 5.75 Å². The average molecular weight is 339 g/mol. The Labute approximate surface area is 161 Å². The number of benzene rings is 1. The van der Waals surface area contributed by atoms with Gasteiger partial charge in [-0.1, -0.05) is 6.37 Å². The molecule has 0 aromatic heterocycles. The Morgan fingerprint density at radius 3 is 2.96 bits per heavy atom. The first-order valence-corrected chi connectivity index (χ1v) is 5.76. The van der Waals surface area contributed by atoms with E-state index >= 15 is 0 Å². The van der Waals surface area contributed by atoms with Crippen molar-refractivity contribution in [2.24, 2.45) is 5.72 Å². The summed E-state index contributed by atoms with van der Waals surface area (Å²) in [5.74, 6) is -5.39. The van der Waals surface area contributed by atoms with Gasteiger partial charge in [0.1, 0.15) is 5.75 Å². The lowest BCUT2D eigenvalue weighted by Crippen LogP contribution is -2.30. The summed E-state index contributed by atoms with van der Waals surface area (Å²) in [5.41, 5.74) is -0.913. The smallest absolute Gasteiger partial charge is 0.338 e. The van der Waals surface area contributed by atoms with E-state index in [0.717, 1.165) is 24.3 Å². The van der Waals surface area contributed by atoms with Crippen LogP contribution in [-0.4, -0.2) is 31.0 Å². The van der Waals surface area contributed by atoms with Gasteiger partial charge < -0.3 is 20.5 Å². The molecule has 126 valence electrons. The zero-order valence-electron chi connectivity index (χ0n) is 29.4. The van der Waals surface area contributed by atoms with Crippen LogP contribution in [0.3, 0.4) is 0 Å². The Balaban J connectivity index is 3.23. The summed E-state index contributed by atoms with van der Waals surface area (Å²) in [6.07, 6.45) is -16.1. The van der Waals surface area contributed by atoms with Gasteiger partial charge in [-0.05, 0) is 43.9 Å². The lowest BCUT2D eigenvalue weighted by molar-refractivity contribution is -0.134. The molecule has 1 aromatic rings. The molecule has 0 saturated heterocycles. The molecule has 7 heteroatoms. The van der Waals surface area contributed by atoms with E-state index in [1.807, 2.05) is 0 Å². The van der Waals surface area contributed by atoms with Gasteiger partial charge >= 0.3 is 11.9 Å². The van der Waals surface area contributed by atoms with Crippen molar-refractivity contribution < 1.29 is 43.9 Å². The Morgan fingerprint density at radius 2 is 2.26 bits per heavy atom. The van der Waals surface area contributed by atoms with Gasteiger partial charge in [-0.15, -0.1) is 0 Å². The number of carbonyl (C=O) groups excluding carboxylic acids is 2. The second kappa shape index (κ2) is 10.2. The SMILES string of the molecule is [2H]N=C(N([2H])[2H])N([2H])C([2H])C([2H])([2H])C([2H])([2H])C([2H])([2H])C([2H])([2H])C(=O)Oc1ccc(C(=O)OC([2H])([2H])C([2H])([2H])[2H])cc1. The van der Waals surface area contributed by atoms with Crippen molar-refractivity contribution in [1.82, 2.24) is 5.31 Å². The van der Waals surface area contributed by atoms with E-state index in [-0.39, 0.29) is 0 Å². The third kappa shape index (κ3) is 7.85. The van der Waals surface area contributed by atoms with Gasteiger partial charge in [0.2, 0.25) is 0 Å². The molecular weight excluding hydrogens is 298 g/mol. The third-order valence-electron chi connectivity index (χ3n) is 1.99. The molecule has 0 radical (unpaired) electrons. The maximum atomic E-state index is 12.6. The lowest BCUT2D eigenvalue weighted by atomic mass is 10.2. The zero-order chi connectivity index (χ0) is 32.6. The molecule has 0 saturated carbocycles. The van der Waals surface area contributed by atoms with Crippen LogP contribution in [0.25, 0.3) is 0 Å². The number of hydrogen-bond donors (Lipinski definition) is 3. The van der Waals surface area contributed by atoms with Crippen LogP contribution in [-0.2, 0) is 9.53 Å². The molecule has 0 heterocycles. The molecule has 7 nitrogen and oxygen atoms in total. The molecular formula is C16H23N3O4. The van der Waals surface area contributed by atoms with Gasteiger partial charge in [-0.2, -0.15) is 0 Å². The molecule has 0 spiro atoms. The summed E-state index contributed by atoms with van der Waals surface area (Å²) in [7, 11) is 0. The minimum absolute atomic E-state index is 0.398. The monoisotopic (exact) mass is 339 g/mol. The second-order valence-corrected chi connectivity index (χ2v) is 3.48. The predicted octanol–water partition coefficient (Wildman–Crippen LogP) is 1.81. The van der Waals surface area contributed by atoms with E-state index in [1.165, 1.54) is 0 Å². The summed E-state index contributed by atoms with van der Waals surface area (Å²) in [6.45, 7) is -9.51. The summed E-state index contributed by atoms with van der Waals surface area (Å²) in [6, 6.07) is 3.35. The number of carbonyl (C=O) groups is 2. The fraction of sp³-hybridized carbons (Fsp3) is 0.438. The van der Waals surface area contributed by atoms with Crippen LogP contribution in [0.1, 0.15) is 61.9 Å². The Bertz CT molecular complexity index is 1140. The van der Waals surface area contributed by atoms with Crippen molar-refractivity contribution >= 4 is 17.9 Å². The average Bonchev–Trinajstić information content (AvgIpc) is 2.82. The first-order chi connectivity index (χ1) is 18.2. The highest BCUT2D eigenvalue weighted by atomic mass is 16.5. The van der Waals surface area contributed by atoms with E-state index in [1.54, 1.807) is 0 Å². The quantitative estimate of drug-likeness (QED) is 0.274. The van der Waals surface area contributed by atoms with Crippen LogP contribution >= 0.6 is 0 Å². The second-order valence-electron chi connectivity index (χ2n) is 3.48. The Morgan fingerprint density at radius 1 is 1.43 bits per heavy atom. The van der Waals surface area contributed by atoms with Crippen molar-refractivity contribution in [3.05, 3.63) is 29.8 Å². The molecule has 0 aliphatic rings. The summed E-state index contributed by atoms with van der Waals surface area (Å²) in [4.78, 5) is 24.7. The van der Waals surface area contributed by atoms with Gasteiger partial charge in [0.05, 0.1) is 14.9 Å².